The van der Waals surface area contributed by atoms with Crippen LogP contribution in [-0.2, 0) is 27.4 Å². The van der Waals surface area contributed by atoms with Crippen LogP contribution in [0.2, 0.25) is 5.15 Å². The maximum atomic E-state index is 12.8. The topological polar surface area (TPSA) is 85.7 Å². The monoisotopic (exact) mass is 406 g/mol. The molecule has 0 amide bonds. The fraction of sp³-hybridized carbons (Fsp3) is 0.421. The summed E-state index contributed by atoms with van der Waals surface area (Å²) in [6.45, 7) is 4.86. The molecule has 1 aromatic carbocycles. The number of benzene rings is 1. The lowest BCUT2D eigenvalue weighted by atomic mass is 10.2. The van der Waals surface area contributed by atoms with E-state index in [0.717, 1.165) is 18.7 Å². The molecule has 0 saturated carbocycles. The summed E-state index contributed by atoms with van der Waals surface area (Å²) in [4.78, 5) is 31.2. The van der Waals surface area contributed by atoms with Crippen molar-refractivity contribution in [2.45, 2.75) is 20.1 Å². The Morgan fingerprint density at radius 3 is 2.71 bits per heavy atom. The van der Waals surface area contributed by atoms with E-state index in [-0.39, 0.29) is 24.1 Å². The number of hydrogen-bond acceptors (Lipinski definition) is 7. The van der Waals surface area contributed by atoms with Gasteiger partial charge in [0.05, 0.1) is 25.6 Å². The van der Waals surface area contributed by atoms with E-state index in [2.05, 4.69) is 15.2 Å². The van der Waals surface area contributed by atoms with Crippen LogP contribution in [0.15, 0.2) is 35.1 Å². The van der Waals surface area contributed by atoms with Crippen molar-refractivity contribution in [3.05, 3.63) is 57.1 Å². The van der Waals surface area contributed by atoms with Gasteiger partial charge in [-0.15, -0.1) is 0 Å². The van der Waals surface area contributed by atoms with Gasteiger partial charge in [0.25, 0.3) is 5.56 Å². The van der Waals surface area contributed by atoms with Crippen molar-refractivity contribution in [3.63, 3.8) is 0 Å². The van der Waals surface area contributed by atoms with Gasteiger partial charge in [-0.3, -0.25) is 19.1 Å². The maximum absolute atomic E-state index is 12.8. The number of carbonyl (C=O) groups excluding carboxylic acids is 1. The number of ether oxygens (including phenoxy) is 2. The number of nitrogens with one attached hydrogen (secondary N) is 1. The van der Waals surface area contributed by atoms with E-state index in [9.17, 15) is 9.59 Å². The fourth-order valence-electron chi connectivity index (χ4n) is 2.78. The fourth-order valence-corrected chi connectivity index (χ4v) is 2.97. The predicted molar refractivity (Wildman–Crippen MR) is 105 cm³/mol. The molecule has 1 aromatic heterocycles. The van der Waals surface area contributed by atoms with Gasteiger partial charge in [-0.2, -0.15) is 0 Å². The number of hydrogen-bond donors (Lipinski definition) is 1. The number of carbonyl (C=O) groups is 1. The van der Waals surface area contributed by atoms with E-state index < -0.39 is 11.5 Å². The third kappa shape index (κ3) is 5.31. The highest BCUT2D eigenvalue weighted by Crippen LogP contribution is 2.13. The first kappa shape index (κ1) is 20.3. The van der Waals surface area contributed by atoms with Gasteiger partial charge in [0, 0.05) is 13.1 Å². The first-order valence-corrected chi connectivity index (χ1v) is 9.43. The Bertz CT molecular complexity index is 866. The molecule has 2 heterocycles. The summed E-state index contributed by atoms with van der Waals surface area (Å²) in [6.07, 6.45) is 0. The van der Waals surface area contributed by atoms with Gasteiger partial charge in [-0.05, 0) is 12.5 Å². The number of morpholine rings is 1. The van der Waals surface area contributed by atoms with E-state index in [0.29, 0.717) is 25.6 Å². The third-order valence-corrected chi connectivity index (χ3v) is 4.82. The Balaban J connectivity index is 1.66. The highest BCUT2D eigenvalue weighted by Gasteiger charge is 2.17. The Labute approximate surface area is 168 Å². The summed E-state index contributed by atoms with van der Waals surface area (Å²) >= 11 is 6.17. The molecule has 0 aliphatic carbocycles. The second-order valence-corrected chi connectivity index (χ2v) is 6.80. The number of aromatic nitrogens is 2. The Hall–Kier alpha value is -2.42. The van der Waals surface area contributed by atoms with Crippen LogP contribution >= 0.6 is 11.6 Å². The molecule has 1 aliphatic rings. The van der Waals surface area contributed by atoms with E-state index in [4.69, 9.17) is 21.1 Å². The zero-order chi connectivity index (χ0) is 19.9. The first-order chi connectivity index (χ1) is 13.5. The molecule has 9 heteroatoms. The van der Waals surface area contributed by atoms with Crippen molar-refractivity contribution >= 4 is 23.4 Å². The molecule has 0 spiro atoms. The Morgan fingerprint density at radius 1 is 1.29 bits per heavy atom. The van der Waals surface area contributed by atoms with Gasteiger partial charge in [-0.25, -0.2) is 4.98 Å². The summed E-state index contributed by atoms with van der Waals surface area (Å²) in [7, 11) is 0. The number of rotatable bonds is 7. The zero-order valence-corrected chi connectivity index (χ0v) is 16.4. The average Bonchev–Trinajstić information content (AvgIpc) is 2.73. The van der Waals surface area contributed by atoms with Crippen molar-refractivity contribution in [1.29, 1.82) is 0 Å². The maximum Gasteiger partial charge on any atom is 0.326 e. The number of nitrogens with zero attached hydrogens (tertiary/aromatic N) is 3. The molecule has 1 fully saturated rings. The second-order valence-electron chi connectivity index (χ2n) is 6.44. The van der Waals surface area contributed by atoms with Crippen LogP contribution in [0.25, 0.3) is 0 Å². The lowest BCUT2D eigenvalue weighted by Gasteiger charge is -2.26. The smallest absolute Gasteiger partial charge is 0.326 e. The Kier molecular flexibility index (Phi) is 7.02. The van der Waals surface area contributed by atoms with Crippen molar-refractivity contribution in [3.8, 4) is 0 Å². The van der Waals surface area contributed by atoms with Crippen LogP contribution in [0.3, 0.4) is 0 Å². The van der Waals surface area contributed by atoms with E-state index in [1.54, 1.807) is 6.92 Å². The van der Waals surface area contributed by atoms with E-state index in [1.165, 1.54) is 4.57 Å². The number of esters is 1. The van der Waals surface area contributed by atoms with Crippen LogP contribution in [0.4, 0.5) is 5.82 Å². The quantitative estimate of drug-likeness (QED) is 0.699. The molecule has 0 radical (unpaired) electrons. The van der Waals surface area contributed by atoms with Gasteiger partial charge in [0.15, 0.2) is 11.0 Å². The first-order valence-electron chi connectivity index (χ1n) is 9.05. The standard InChI is InChI=1S/C19H23ClN4O4/c1-14-17(20)22-18(21-13-23-7-9-27-10-8-23)19(26)24(14)11-16(25)28-12-15-5-3-2-4-6-15/h2-6H,7-13H2,1H3,(H,21,22). The number of anilines is 1. The normalized spacial score (nSPS) is 14.6. The van der Waals surface area contributed by atoms with Gasteiger partial charge < -0.3 is 14.8 Å². The zero-order valence-electron chi connectivity index (χ0n) is 15.7. The minimum absolute atomic E-state index is 0.109. The molecule has 1 aliphatic heterocycles. The minimum Gasteiger partial charge on any atom is -0.459 e. The van der Waals surface area contributed by atoms with Crippen LogP contribution in [0.1, 0.15) is 11.3 Å². The molecule has 1 N–H and O–H groups in total. The molecule has 1 saturated heterocycles. The SMILES string of the molecule is Cc1c(Cl)nc(NCN2CCOCC2)c(=O)n1CC(=O)OCc1ccccc1. The van der Waals surface area contributed by atoms with Crippen LogP contribution in [-0.4, -0.2) is 53.4 Å². The van der Waals surface area contributed by atoms with E-state index in [1.807, 2.05) is 30.3 Å². The second kappa shape index (κ2) is 9.68. The molecule has 3 rings (SSSR count). The van der Waals surface area contributed by atoms with Crippen molar-refractivity contribution in [1.82, 2.24) is 14.5 Å². The van der Waals surface area contributed by atoms with Crippen molar-refractivity contribution in [2.24, 2.45) is 0 Å². The molecule has 28 heavy (non-hydrogen) atoms. The molecule has 150 valence electrons. The molecule has 0 atom stereocenters. The molecule has 8 nitrogen and oxygen atoms in total. The summed E-state index contributed by atoms with van der Waals surface area (Å²) in [5.74, 6) is -0.409. The van der Waals surface area contributed by atoms with Crippen molar-refractivity contribution in [2.75, 3.05) is 38.3 Å². The van der Waals surface area contributed by atoms with Gasteiger partial charge in [0.2, 0.25) is 0 Å². The number of halogens is 1. The van der Waals surface area contributed by atoms with Gasteiger partial charge in [-0.1, -0.05) is 41.9 Å². The highest BCUT2D eigenvalue weighted by molar-refractivity contribution is 6.30. The van der Waals surface area contributed by atoms with Gasteiger partial charge >= 0.3 is 5.97 Å². The highest BCUT2D eigenvalue weighted by atomic mass is 35.5. The van der Waals surface area contributed by atoms with Gasteiger partial charge in [0.1, 0.15) is 13.2 Å². The molecular weight excluding hydrogens is 384 g/mol. The largest absolute Gasteiger partial charge is 0.459 e. The lowest BCUT2D eigenvalue weighted by molar-refractivity contribution is -0.145. The van der Waals surface area contributed by atoms with Crippen LogP contribution < -0.4 is 10.9 Å². The van der Waals surface area contributed by atoms with Crippen LogP contribution in [0, 0.1) is 6.92 Å². The molecule has 0 unspecified atom stereocenters. The summed E-state index contributed by atoms with van der Waals surface area (Å²) in [5.41, 5.74) is 0.882. The molecule has 0 bridgehead atoms. The average molecular weight is 407 g/mol. The molecular formula is C19H23ClN4O4. The predicted octanol–water partition coefficient (Wildman–Crippen LogP) is 1.65. The Morgan fingerprint density at radius 2 is 2.00 bits per heavy atom. The summed E-state index contributed by atoms with van der Waals surface area (Å²) in [5, 5.41) is 3.18. The van der Waals surface area contributed by atoms with Crippen molar-refractivity contribution < 1.29 is 14.3 Å². The van der Waals surface area contributed by atoms with Crippen LogP contribution in [0.5, 0.6) is 0 Å². The van der Waals surface area contributed by atoms with E-state index >= 15 is 0 Å². The summed E-state index contributed by atoms with van der Waals surface area (Å²) < 4.78 is 11.9. The molecule has 2 aromatic rings. The summed E-state index contributed by atoms with van der Waals surface area (Å²) in [6, 6.07) is 9.35. The third-order valence-electron chi connectivity index (χ3n) is 4.46. The lowest BCUT2D eigenvalue weighted by Crippen LogP contribution is -2.40. The minimum atomic E-state index is -0.518.